The van der Waals surface area contributed by atoms with Crippen LogP contribution in [0.4, 0.5) is 5.69 Å². The van der Waals surface area contributed by atoms with Gasteiger partial charge in [-0.2, -0.15) is 0 Å². The molecular weight excluding hydrogens is 270 g/mol. The highest BCUT2D eigenvalue weighted by molar-refractivity contribution is 6.30. The molecular formula is C16H14ClN3. The van der Waals surface area contributed by atoms with E-state index in [1.165, 1.54) is 5.56 Å². The molecule has 100 valence electrons. The Balaban J connectivity index is 1.65. The summed E-state index contributed by atoms with van der Waals surface area (Å²) >= 11 is 5.87. The van der Waals surface area contributed by atoms with E-state index in [4.69, 9.17) is 11.6 Å². The Morgan fingerprint density at radius 3 is 2.40 bits per heavy atom. The number of hydrogen-bond acceptors (Lipinski definition) is 2. The van der Waals surface area contributed by atoms with E-state index in [0.29, 0.717) is 0 Å². The van der Waals surface area contributed by atoms with Crippen molar-refractivity contribution in [2.45, 2.75) is 6.54 Å². The molecule has 0 fully saturated rings. The van der Waals surface area contributed by atoms with E-state index < -0.39 is 0 Å². The van der Waals surface area contributed by atoms with Crippen LogP contribution in [0.3, 0.4) is 0 Å². The molecule has 0 aliphatic carbocycles. The van der Waals surface area contributed by atoms with Crippen LogP contribution in [-0.2, 0) is 6.54 Å². The lowest BCUT2D eigenvalue weighted by molar-refractivity contribution is 1.06. The predicted molar refractivity (Wildman–Crippen MR) is 82.3 cm³/mol. The minimum absolute atomic E-state index is 0.762. The van der Waals surface area contributed by atoms with Gasteiger partial charge in [-0.1, -0.05) is 23.7 Å². The van der Waals surface area contributed by atoms with Gasteiger partial charge in [-0.25, -0.2) is 4.98 Å². The van der Waals surface area contributed by atoms with Gasteiger partial charge in [0.1, 0.15) is 0 Å². The smallest absolute Gasteiger partial charge is 0.0991 e. The second-order valence-electron chi connectivity index (χ2n) is 4.50. The molecule has 3 nitrogen and oxygen atoms in total. The fraction of sp³-hybridized carbons (Fsp3) is 0.0625. The van der Waals surface area contributed by atoms with Crippen molar-refractivity contribution in [2.75, 3.05) is 5.32 Å². The minimum atomic E-state index is 0.762. The molecule has 1 aromatic heterocycles. The molecule has 0 saturated carbocycles. The average molecular weight is 284 g/mol. The molecule has 0 atom stereocenters. The van der Waals surface area contributed by atoms with Crippen molar-refractivity contribution in [3.8, 4) is 5.69 Å². The highest BCUT2D eigenvalue weighted by Gasteiger charge is 1.97. The van der Waals surface area contributed by atoms with Gasteiger partial charge in [0, 0.05) is 35.3 Å². The molecule has 0 bridgehead atoms. The number of aromatic nitrogens is 2. The Bertz CT molecular complexity index is 658. The van der Waals surface area contributed by atoms with Crippen LogP contribution in [0, 0.1) is 0 Å². The summed E-state index contributed by atoms with van der Waals surface area (Å²) in [6.07, 6.45) is 5.49. The molecule has 3 rings (SSSR count). The van der Waals surface area contributed by atoms with Crippen molar-refractivity contribution in [3.05, 3.63) is 77.8 Å². The van der Waals surface area contributed by atoms with Crippen LogP contribution in [-0.4, -0.2) is 9.55 Å². The Hall–Kier alpha value is -2.26. The number of benzene rings is 2. The van der Waals surface area contributed by atoms with E-state index in [2.05, 4.69) is 34.6 Å². The summed E-state index contributed by atoms with van der Waals surface area (Å²) in [5.41, 5.74) is 3.39. The summed E-state index contributed by atoms with van der Waals surface area (Å²) in [4.78, 5) is 4.04. The SMILES string of the molecule is Clc1ccc(CNc2ccc(-n3ccnc3)cc2)cc1. The van der Waals surface area contributed by atoms with E-state index in [1.807, 2.05) is 35.0 Å². The van der Waals surface area contributed by atoms with Gasteiger partial charge in [0.15, 0.2) is 0 Å². The van der Waals surface area contributed by atoms with E-state index in [0.717, 1.165) is 22.9 Å². The normalized spacial score (nSPS) is 10.4. The molecule has 1 heterocycles. The monoisotopic (exact) mass is 283 g/mol. The molecule has 0 aliphatic rings. The van der Waals surface area contributed by atoms with E-state index >= 15 is 0 Å². The highest BCUT2D eigenvalue weighted by atomic mass is 35.5. The third-order valence-electron chi connectivity index (χ3n) is 3.08. The van der Waals surface area contributed by atoms with Crippen molar-refractivity contribution in [1.29, 1.82) is 0 Å². The zero-order valence-corrected chi connectivity index (χ0v) is 11.6. The maximum Gasteiger partial charge on any atom is 0.0991 e. The molecule has 0 spiro atoms. The maximum absolute atomic E-state index is 5.87. The summed E-state index contributed by atoms with van der Waals surface area (Å²) in [5.74, 6) is 0. The Kier molecular flexibility index (Phi) is 3.70. The fourth-order valence-electron chi connectivity index (χ4n) is 1.97. The van der Waals surface area contributed by atoms with Gasteiger partial charge in [0.25, 0.3) is 0 Å². The Morgan fingerprint density at radius 1 is 1.00 bits per heavy atom. The van der Waals surface area contributed by atoms with Crippen LogP contribution in [0.25, 0.3) is 5.69 Å². The van der Waals surface area contributed by atoms with Crippen molar-refractivity contribution >= 4 is 17.3 Å². The third-order valence-corrected chi connectivity index (χ3v) is 3.33. The summed E-state index contributed by atoms with van der Waals surface area (Å²) in [5, 5.41) is 4.15. The first-order valence-electron chi connectivity index (χ1n) is 6.38. The topological polar surface area (TPSA) is 29.9 Å². The second kappa shape index (κ2) is 5.80. The Labute approximate surface area is 122 Å². The average Bonchev–Trinajstić information content (AvgIpc) is 3.01. The fourth-order valence-corrected chi connectivity index (χ4v) is 2.10. The van der Waals surface area contributed by atoms with Gasteiger partial charge in [-0.3, -0.25) is 0 Å². The number of nitrogens with one attached hydrogen (secondary N) is 1. The first-order valence-corrected chi connectivity index (χ1v) is 6.76. The summed E-state index contributed by atoms with van der Waals surface area (Å²) in [7, 11) is 0. The van der Waals surface area contributed by atoms with Crippen LogP contribution in [0.1, 0.15) is 5.56 Å². The molecule has 20 heavy (non-hydrogen) atoms. The van der Waals surface area contributed by atoms with E-state index in [-0.39, 0.29) is 0 Å². The number of imidazole rings is 1. The van der Waals surface area contributed by atoms with Crippen LogP contribution in [0.2, 0.25) is 5.02 Å². The van der Waals surface area contributed by atoms with Gasteiger partial charge in [-0.05, 0) is 42.0 Å². The second-order valence-corrected chi connectivity index (χ2v) is 4.93. The molecule has 0 aliphatic heterocycles. The van der Waals surface area contributed by atoms with Crippen LogP contribution in [0.15, 0.2) is 67.3 Å². The number of anilines is 1. The zero-order chi connectivity index (χ0) is 13.8. The van der Waals surface area contributed by atoms with Crippen LogP contribution >= 0.6 is 11.6 Å². The van der Waals surface area contributed by atoms with E-state index in [1.54, 1.807) is 12.5 Å². The first-order chi connectivity index (χ1) is 9.81. The minimum Gasteiger partial charge on any atom is -0.381 e. The standard InChI is InChI=1S/C16H14ClN3/c17-14-3-1-13(2-4-14)11-19-15-5-7-16(8-6-15)20-10-9-18-12-20/h1-10,12,19H,11H2. The number of rotatable bonds is 4. The van der Waals surface area contributed by atoms with Gasteiger partial charge in [0.2, 0.25) is 0 Å². The molecule has 0 amide bonds. The number of hydrogen-bond donors (Lipinski definition) is 1. The molecule has 2 aromatic carbocycles. The third kappa shape index (κ3) is 3.00. The Morgan fingerprint density at radius 2 is 1.75 bits per heavy atom. The van der Waals surface area contributed by atoms with Crippen LogP contribution < -0.4 is 5.32 Å². The number of nitrogens with zero attached hydrogens (tertiary/aromatic N) is 2. The van der Waals surface area contributed by atoms with Crippen molar-refractivity contribution in [1.82, 2.24) is 9.55 Å². The molecule has 4 heteroatoms. The zero-order valence-electron chi connectivity index (χ0n) is 10.8. The van der Waals surface area contributed by atoms with E-state index in [9.17, 15) is 0 Å². The van der Waals surface area contributed by atoms with Crippen molar-refractivity contribution < 1.29 is 0 Å². The molecule has 0 saturated heterocycles. The van der Waals surface area contributed by atoms with Gasteiger partial charge in [0.05, 0.1) is 6.33 Å². The van der Waals surface area contributed by atoms with Crippen molar-refractivity contribution in [2.24, 2.45) is 0 Å². The largest absolute Gasteiger partial charge is 0.381 e. The first kappa shape index (κ1) is 12.8. The van der Waals surface area contributed by atoms with Gasteiger partial charge >= 0.3 is 0 Å². The molecule has 0 unspecified atom stereocenters. The van der Waals surface area contributed by atoms with Gasteiger partial charge < -0.3 is 9.88 Å². The highest BCUT2D eigenvalue weighted by Crippen LogP contribution is 2.15. The van der Waals surface area contributed by atoms with Crippen molar-refractivity contribution in [3.63, 3.8) is 0 Å². The summed E-state index contributed by atoms with van der Waals surface area (Å²) < 4.78 is 1.98. The lowest BCUT2D eigenvalue weighted by Gasteiger charge is -2.08. The summed E-state index contributed by atoms with van der Waals surface area (Å²) in [6, 6.07) is 16.1. The molecule has 1 N–H and O–H groups in total. The lowest BCUT2D eigenvalue weighted by Crippen LogP contribution is -1.99. The maximum atomic E-state index is 5.87. The number of halogens is 1. The van der Waals surface area contributed by atoms with Gasteiger partial charge in [-0.15, -0.1) is 0 Å². The molecule has 3 aromatic rings. The lowest BCUT2D eigenvalue weighted by atomic mass is 10.2. The van der Waals surface area contributed by atoms with Crippen LogP contribution in [0.5, 0.6) is 0 Å². The summed E-state index contributed by atoms with van der Waals surface area (Å²) in [6.45, 7) is 0.779. The molecule has 0 radical (unpaired) electrons. The predicted octanol–water partition coefficient (Wildman–Crippen LogP) is 4.14. The quantitative estimate of drug-likeness (QED) is 0.780.